The van der Waals surface area contributed by atoms with Crippen LogP contribution in [0.3, 0.4) is 0 Å². The van der Waals surface area contributed by atoms with Gasteiger partial charge in [-0.15, -0.1) is 0 Å². The van der Waals surface area contributed by atoms with E-state index >= 15 is 0 Å². The molecule has 0 radical (unpaired) electrons. The Morgan fingerprint density at radius 3 is 1.29 bits per heavy atom. The largest absolute Gasteiger partial charge is 0.478 e. The lowest BCUT2D eigenvalue weighted by Gasteiger charge is -2.05. The third-order valence-corrected chi connectivity index (χ3v) is 1.62. The van der Waals surface area contributed by atoms with Gasteiger partial charge in [0.25, 0.3) is 0 Å². The predicted molar refractivity (Wildman–Crippen MR) is 88.8 cm³/mol. The molecule has 0 atom stereocenters. The Bertz CT molecular complexity index is 461. The molecule has 0 saturated heterocycles. The van der Waals surface area contributed by atoms with Crippen molar-refractivity contribution in [2.75, 3.05) is 13.2 Å². The number of carboxylic acid groups (broad SMARTS) is 1. The first-order chi connectivity index (χ1) is 11.0. The topological polar surface area (TPSA) is 133 Å². The highest BCUT2D eigenvalue weighted by Crippen LogP contribution is 1.94. The molecule has 0 heterocycles. The van der Waals surface area contributed by atoms with E-state index in [0.717, 1.165) is 12.2 Å². The molecule has 0 rings (SSSR count). The van der Waals surface area contributed by atoms with Crippen molar-refractivity contribution in [3.05, 3.63) is 49.6 Å². The molecule has 3 N–H and O–H groups in total. The van der Waals surface area contributed by atoms with Crippen LogP contribution in [0, 0.1) is 0 Å². The summed E-state index contributed by atoms with van der Waals surface area (Å²) in [6.07, 6.45) is 1.89. The Hall–Kier alpha value is -3.16. The smallest absolute Gasteiger partial charge is 0.333 e. The molecule has 8 heteroatoms. The molecular formula is C16H23NO7. The molecule has 0 aliphatic carbocycles. The maximum atomic E-state index is 10.8. The van der Waals surface area contributed by atoms with Crippen molar-refractivity contribution in [2.45, 2.75) is 13.8 Å². The second-order valence-electron chi connectivity index (χ2n) is 3.98. The Labute approximate surface area is 140 Å². The lowest BCUT2D eigenvalue weighted by atomic mass is 10.4. The predicted octanol–water partition coefficient (Wildman–Crippen LogP) is 1.14. The molecule has 0 saturated carbocycles. The van der Waals surface area contributed by atoms with E-state index in [0.29, 0.717) is 11.1 Å². The van der Waals surface area contributed by atoms with Crippen LogP contribution >= 0.6 is 0 Å². The van der Waals surface area contributed by atoms with Crippen molar-refractivity contribution in [3.63, 3.8) is 0 Å². The Morgan fingerprint density at radius 1 is 0.917 bits per heavy atom. The summed E-state index contributed by atoms with van der Waals surface area (Å²) in [5.41, 5.74) is 5.17. The van der Waals surface area contributed by atoms with E-state index in [2.05, 4.69) is 41.5 Å². The Balaban J connectivity index is -0.000000361. The minimum absolute atomic E-state index is 0.0325. The highest BCUT2D eigenvalue weighted by atomic mass is 16.6. The minimum Gasteiger partial charge on any atom is -0.478 e. The standard InChI is InChI=1S/C10H14O4.C3H5NO.C3H4O2/c1-7(2)9(11)13-5-6-14-10(12)8(3)4;2*1-2-3(4)5/h1,3,5-6H2,2,4H3;2H,1H2,(H2,4,5);2H,1H2,(H,4,5). The van der Waals surface area contributed by atoms with Gasteiger partial charge < -0.3 is 20.3 Å². The van der Waals surface area contributed by atoms with Gasteiger partial charge in [-0.3, -0.25) is 4.79 Å². The average molecular weight is 341 g/mol. The molecule has 1 amide bonds. The lowest BCUT2D eigenvalue weighted by Crippen LogP contribution is -2.14. The fourth-order valence-corrected chi connectivity index (χ4v) is 0.515. The number of esters is 2. The van der Waals surface area contributed by atoms with Crippen LogP contribution in [0.15, 0.2) is 49.6 Å². The molecule has 0 aliphatic rings. The monoisotopic (exact) mass is 341 g/mol. The quantitative estimate of drug-likeness (QED) is 0.403. The third-order valence-electron chi connectivity index (χ3n) is 1.62. The van der Waals surface area contributed by atoms with E-state index in [4.69, 9.17) is 5.11 Å². The molecule has 134 valence electrons. The molecule has 0 spiro atoms. The van der Waals surface area contributed by atoms with Crippen molar-refractivity contribution in [3.8, 4) is 0 Å². The molecule has 8 nitrogen and oxygen atoms in total. The second-order valence-corrected chi connectivity index (χ2v) is 3.98. The van der Waals surface area contributed by atoms with Gasteiger partial charge >= 0.3 is 17.9 Å². The summed E-state index contributed by atoms with van der Waals surface area (Å²) in [6.45, 7) is 16.0. The van der Waals surface area contributed by atoms with E-state index in [1.54, 1.807) is 13.8 Å². The van der Waals surface area contributed by atoms with E-state index in [9.17, 15) is 19.2 Å². The van der Waals surface area contributed by atoms with E-state index < -0.39 is 23.8 Å². The second kappa shape index (κ2) is 16.2. The first-order valence-electron chi connectivity index (χ1n) is 6.42. The number of carbonyl (C=O) groups excluding carboxylic acids is 3. The summed E-state index contributed by atoms with van der Waals surface area (Å²) < 4.78 is 9.38. The zero-order valence-electron chi connectivity index (χ0n) is 13.9. The van der Waals surface area contributed by atoms with Crippen molar-refractivity contribution < 1.29 is 33.8 Å². The van der Waals surface area contributed by atoms with E-state index in [-0.39, 0.29) is 13.2 Å². The SMILES string of the molecule is C=C(C)C(=O)OCCOC(=O)C(=C)C.C=CC(=O)O.C=CC(N)=O. The number of amides is 1. The van der Waals surface area contributed by atoms with Gasteiger partial charge in [-0.05, 0) is 19.9 Å². The minimum atomic E-state index is -0.981. The summed E-state index contributed by atoms with van der Waals surface area (Å²) in [7, 11) is 0. The molecule has 0 fully saturated rings. The van der Waals surface area contributed by atoms with Gasteiger partial charge in [-0.1, -0.05) is 26.3 Å². The molecule has 0 aromatic heterocycles. The van der Waals surface area contributed by atoms with Crippen LogP contribution < -0.4 is 5.73 Å². The highest BCUT2D eigenvalue weighted by Gasteiger charge is 2.05. The Morgan fingerprint density at radius 2 is 1.17 bits per heavy atom. The number of rotatable bonds is 7. The molecule has 0 unspecified atom stereocenters. The van der Waals surface area contributed by atoms with Crippen LogP contribution in [-0.2, 0) is 28.7 Å². The number of hydrogen-bond acceptors (Lipinski definition) is 6. The lowest BCUT2D eigenvalue weighted by molar-refractivity contribution is -0.147. The van der Waals surface area contributed by atoms with Gasteiger partial charge in [-0.2, -0.15) is 0 Å². The van der Waals surface area contributed by atoms with E-state index in [1.165, 1.54) is 0 Å². The summed E-state index contributed by atoms with van der Waals surface area (Å²) in [5, 5.41) is 7.60. The van der Waals surface area contributed by atoms with Gasteiger partial charge in [0, 0.05) is 17.2 Å². The maximum absolute atomic E-state index is 10.8. The van der Waals surface area contributed by atoms with Crippen LogP contribution in [0.5, 0.6) is 0 Å². The van der Waals surface area contributed by atoms with Crippen LogP contribution in [0.25, 0.3) is 0 Å². The molecular weight excluding hydrogens is 318 g/mol. The number of carbonyl (C=O) groups is 4. The van der Waals surface area contributed by atoms with Gasteiger partial charge in [0.2, 0.25) is 5.91 Å². The first kappa shape index (κ1) is 25.8. The van der Waals surface area contributed by atoms with Gasteiger partial charge in [-0.25, -0.2) is 14.4 Å². The molecule has 0 aliphatic heterocycles. The molecule has 0 aromatic carbocycles. The van der Waals surface area contributed by atoms with Gasteiger partial charge in [0.15, 0.2) is 0 Å². The van der Waals surface area contributed by atoms with Crippen LogP contribution in [0.1, 0.15) is 13.8 Å². The summed E-state index contributed by atoms with van der Waals surface area (Å²) in [6, 6.07) is 0. The van der Waals surface area contributed by atoms with Crippen LogP contribution in [-0.4, -0.2) is 42.1 Å². The number of carboxylic acids is 1. The van der Waals surface area contributed by atoms with Crippen LogP contribution in [0.4, 0.5) is 0 Å². The number of ether oxygens (including phenoxy) is 2. The van der Waals surface area contributed by atoms with Crippen molar-refractivity contribution in [1.82, 2.24) is 0 Å². The Kier molecular flexibility index (Phi) is 17.4. The fraction of sp³-hybridized carbons (Fsp3) is 0.250. The van der Waals surface area contributed by atoms with Crippen molar-refractivity contribution in [1.29, 1.82) is 0 Å². The number of aliphatic carboxylic acids is 1. The normalized spacial score (nSPS) is 7.92. The van der Waals surface area contributed by atoms with Crippen molar-refractivity contribution in [2.24, 2.45) is 5.73 Å². The van der Waals surface area contributed by atoms with Gasteiger partial charge in [0.05, 0.1) is 0 Å². The van der Waals surface area contributed by atoms with Crippen LogP contribution in [0.2, 0.25) is 0 Å². The third kappa shape index (κ3) is 23.9. The fourth-order valence-electron chi connectivity index (χ4n) is 0.515. The first-order valence-corrected chi connectivity index (χ1v) is 6.42. The summed E-state index contributed by atoms with van der Waals surface area (Å²) in [4.78, 5) is 40.4. The maximum Gasteiger partial charge on any atom is 0.333 e. The molecule has 24 heavy (non-hydrogen) atoms. The van der Waals surface area contributed by atoms with E-state index in [1.807, 2.05) is 0 Å². The number of hydrogen-bond donors (Lipinski definition) is 2. The molecule has 0 aromatic rings. The average Bonchev–Trinajstić information content (AvgIpc) is 2.51. The summed E-state index contributed by atoms with van der Waals surface area (Å²) in [5.74, 6) is -2.44. The number of nitrogens with two attached hydrogens (primary N) is 1. The summed E-state index contributed by atoms with van der Waals surface area (Å²) >= 11 is 0. The van der Waals surface area contributed by atoms with Crippen molar-refractivity contribution >= 4 is 23.8 Å². The van der Waals surface area contributed by atoms with Gasteiger partial charge in [0.1, 0.15) is 13.2 Å². The number of primary amides is 1. The zero-order chi connectivity index (χ0) is 19.7. The zero-order valence-corrected chi connectivity index (χ0v) is 13.9. The highest BCUT2D eigenvalue weighted by molar-refractivity contribution is 5.87. The molecule has 0 bridgehead atoms.